The van der Waals surface area contributed by atoms with Gasteiger partial charge in [-0.05, 0) is 34.4 Å². The second kappa shape index (κ2) is 13.6. The largest absolute Gasteiger partial charge is 0.493 e. The van der Waals surface area contributed by atoms with Crippen LogP contribution in [0.2, 0.25) is 0 Å². The van der Waals surface area contributed by atoms with Crippen LogP contribution < -0.4 is 5.32 Å². The molecule has 1 amide bonds. The van der Waals surface area contributed by atoms with Gasteiger partial charge in [0.05, 0.1) is 32.1 Å². The van der Waals surface area contributed by atoms with E-state index in [0.29, 0.717) is 31.8 Å². The van der Waals surface area contributed by atoms with Gasteiger partial charge in [-0.15, -0.1) is 0 Å². The second-order valence-corrected chi connectivity index (χ2v) is 9.59. The Morgan fingerprint density at radius 1 is 0.769 bits per heavy atom. The molecule has 1 aliphatic rings. The van der Waals surface area contributed by atoms with Gasteiger partial charge in [-0.2, -0.15) is 0 Å². The third-order valence-corrected chi connectivity index (χ3v) is 6.76. The SMILES string of the molecule is O=C(NC(C1=CO[C@H](COCc2ccccc2)[C@@H](OCc2ccccc2)C1)c1ccccc1)c1ccccc1. The van der Waals surface area contributed by atoms with Crippen LogP contribution in [0.25, 0.3) is 0 Å². The van der Waals surface area contributed by atoms with Gasteiger partial charge in [-0.25, -0.2) is 0 Å². The van der Waals surface area contributed by atoms with Crippen molar-refractivity contribution >= 4 is 5.91 Å². The Balaban J connectivity index is 1.34. The van der Waals surface area contributed by atoms with Crippen LogP contribution in [0.1, 0.15) is 39.5 Å². The first-order valence-corrected chi connectivity index (χ1v) is 13.3. The molecule has 0 fully saturated rings. The number of carbonyl (C=O) groups excluding carboxylic acids is 1. The summed E-state index contributed by atoms with van der Waals surface area (Å²) in [5.41, 5.74) is 4.74. The highest BCUT2D eigenvalue weighted by Gasteiger charge is 2.33. The first kappa shape index (κ1) is 26.4. The minimum absolute atomic E-state index is 0.138. The Labute approximate surface area is 230 Å². The molecule has 4 aromatic rings. The van der Waals surface area contributed by atoms with Crippen molar-refractivity contribution in [2.24, 2.45) is 0 Å². The van der Waals surface area contributed by atoms with E-state index in [4.69, 9.17) is 14.2 Å². The Kier molecular flexibility index (Phi) is 9.18. The predicted octanol–water partition coefficient (Wildman–Crippen LogP) is 6.63. The lowest BCUT2D eigenvalue weighted by molar-refractivity contribution is -0.0949. The summed E-state index contributed by atoms with van der Waals surface area (Å²) in [5, 5.41) is 3.22. The van der Waals surface area contributed by atoms with E-state index in [9.17, 15) is 4.79 Å². The van der Waals surface area contributed by atoms with Crippen molar-refractivity contribution in [3.63, 3.8) is 0 Å². The van der Waals surface area contributed by atoms with Crippen LogP contribution in [0.3, 0.4) is 0 Å². The number of benzene rings is 4. The lowest BCUT2D eigenvalue weighted by atomic mass is 9.91. The first-order valence-electron chi connectivity index (χ1n) is 13.3. The van der Waals surface area contributed by atoms with Crippen LogP contribution in [0.4, 0.5) is 0 Å². The molecule has 5 rings (SSSR count). The zero-order valence-corrected chi connectivity index (χ0v) is 21.8. The standard InChI is InChI=1S/C34H33NO4/c36-34(29-19-11-4-12-20-29)35-33(28-17-9-3-10-18-28)30-21-31(38-23-27-15-7-2-8-16-27)32(39-24-30)25-37-22-26-13-5-1-6-14-26/h1-20,24,31-33H,21-23,25H2,(H,35,36)/t31-,32+,33?/m0/s1. The molecular weight excluding hydrogens is 486 g/mol. The van der Waals surface area contributed by atoms with Crippen LogP contribution >= 0.6 is 0 Å². The number of hydrogen-bond acceptors (Lipinski definition) is 4. The highest BCUT2D eigenvalue weighted by Crippen LogP contribution is 2.32. The molecule has 1 unspecified atom stereocenters. The van der Waals surface area contributed by atoms with Crippen LogP contribution in [0, 0.1) is 0 Å². The maximum absolute atomic E-state index is 13.2. The molecule has 0 saturated heterocycles. The maximum Gasteiger partial charge on any atom is 0.252 e. The quantitative estimate of drug-likeness (QED) is 0.242. The van der Waals surface area contributed by atoms with Crippen LogP contribution in [0.5, 0.6) is 0 Å². The summed E-state index contributed by atoms with van der Waals surface area (Å²) in [6.45, 7) is 1.36. The fourth-order valence-electron chi connectivity index (χ4n) is 4.66. The number of ether oxygens (including phenoxy) is 3. The number of nitrogens with one attached hydrogen (secondary N) is 1. The Bertz CT molecular complexity index is 1330. The number of rotatable bonds is 11. The molecule has 0 saturated carbocycles. The van der Waals surface area contributed by atoms with Crippen molar-refractivity contribution in [3.05, 3.63) is 155 Å². The smallest absolute Gasteiger partial charge is 0.252 e. The normalized spacial score (nSPS) is 17.5. The molecule has 1 heterocycles. The molecule has 39 heavy (non-hydrogen) atoms. The summed E-state index contributed by atoms with van der Waals surface area (Å²) in [6, 6.07) is 39.1. The first-order chi connectivity index (χ1) is 19.3. The summed E-state index contributed by atoms with van der Waals surface area (Å²) in [7, 11) is 0. The summed E-state index contributed by atoms with van der Waals surface area (Å²) in [4.78, 5) is 13.2. The monoisotopic (exact) mass is 519 g/mol. The molecule has 0 radical (unpaired) electrons. The van der Waals surface area contributed by atoms with Gasteiger partial charge in [0.25, 0.3) is 5.91 Å². The zero-order chi connectivity index (χ0) is 26.7. The summed E-state index contributed by atoms with van der Waals surface area (Å²) in [6.07, 6.45) is 1.85. The lowest BCUT2D eigenvalue weighted by Crippen LogP contribution is -2.40. The summed E-state index contributed by atoms with van der Waals surface area (Å²) < 4.78 is 18.7. The fourth-order valence-corrected chi connectivity index (χ4v) is 4.66. The Morgan fingerprint density at radius 2 is 1.33 bits per heavy atom. The molecule has 1 N–H and O–H groups in total. The molecule has 4 aromatic carbocycles. The predicted molar refractivity (Wildman–Crippen MR) is 152 cm³/mol. The average Bonchev–Trinajstić information content (AvgIpc) is 3.01. The number of carbonyl (C=O) groups is 1. The highest BCUT2D eigenvalue weighted by molar-refractivity contribution is 5.94. The van der Waals surface area contributed by atoms with Gasteiger partial charge in [-0.3, -0.25) is 4.79 Å². The lowest BCUT2D eigenvalue weighted by Gasteiger charge is -2.34. The minimum Gasteiger partial charge on any atom is -0.493 e. The Morgan fingerprint density at radius 3 is 1.97 bits per heavy atom. The fraction of sp³-hybridized carbons (Fsp3) is 0.206. The number of hydrogen-bond donors (Lipinski definition) is 1. The second-order valence-electron chi connectivity index (χ2n) is 9.59. The Hall–Kier alpha value is -4.19. The molecule has 5 nitrogen and oxygen atoms in total. The van der Waals surface area contributed by atoms with Gasteiger partial charge in [0.15, 0.2) is 0 Å². The van der Waals surface area contributed by atoms with E-state index in [2.05, 4.69) is 5.32 Å². The molecule has 0 spiro atoms. The van der Waals surface area contributed by atoms with Crippen molar-refractivity contribution in [2.75, 3.05) is 6.61 Å². The van der Waals surface area contributed by atoms with E-state index >= 15 is 0 Å². The molecular formula is C34H33NO4. The van der Waals surface area contributed by atoms with Gasteiger partial charge in [0.2, 0.25) is 0 Å². The maximum atomic E-state index is 13.2. The van der Waals surface area contributed by atoms with Crippen LogP contribution in [0.15, 0.2) is 133 Å². The van der Waals surface area contributed by atoms with E-state index in [1.165, 1.54) is 0 Å². The summed E-state index contributed by atoms with van der Waals surface area (Å²) >= 11 is 0. The molecule has 1 aliphatic heterocycles. The van der Waals surface area contributed by atoms with Crippen LogP contribution in [-0.4, -0.2) is 24.7 Å². The molecule has 0 aromatic heterocycles. The topological polar surface area (TPSA) is 56.8 Å². The van der Waals surface area contributed by atoms with Crippen molar-refractivity contribution in [1.29, 1.82) is 0 Å². The van der Waals surface area contributed by atoms with E-state index < -0.39 is 0 Å². The minimum atomic E-state index is -0.354. The van der Waals surface area contributed by atoms with Gasteiger partial charge in [-0.1, -0.05) is 109 Å². The van der Waals surface area contributed by atoms with Gasteiger partial charge in [0, 0.05) is 12.0 Å². The number of amides is 1. The summed E-state index contributed by atoms with van der Waals surface area (Å²) in [5.74, 6) is -0.138. The van der Waals surface area contributed by atoms with E-state index in [-0.39, 0.29) is 24.2 Å². The van der Waals surface area contributed by atoms with Crippen molar-refractivity contribution in [1.82, 2.24) is 5.32 Å². The third-order valence-electron chi connectivity index (χ3n) is 6.76. The highest BCUT2D eigenvalue weighted by atomic mass is 16.6. The average molecular weight is 520 g/mol. The van der Waals surface area contributed by atoms with E-state index in [1.807, 2.05) is 121 Å². The van der Waals surface area contributed by atoms with Crippen molar-refractivity contribution in [3.8, 4) is 0 Å². The van der Waals surface area contributed by atoms with Gasteiger partial charge >= 0.3 is 0 Å². The van der Waals surface area contributed by atoms with E-state index in [1.54, 1.807) is 6.26 Å². The van der Waals surface area contributed by atoms with Crippen LogP contribution in [-0.2, 0) is 27.4 Å². The molecule has 198 valence electrons. The van der Waals surface area contributed by atoms with Gasteiger partial charge in [0.1, 0.15) is 12.2 Å². The molecule has 0 bridgehead atoms. The zero-order valence-electron chi connectivity index (χ0n) is 21.8. The molecule has 3 atom stereocenters. The third kappa shape index (κ3) is 7.44. The van der Waals surface area contributed by atoms with Gasteiger partial charge < -0.3 is 19.5 Å². The van der Waals surface area contributed by atoms with Crippen molar-refractivity contribution < 1.29 is 19.0 Å². The molecule has 5 heteroatoms. The van der Waals surface area contributed by atoms with Crippen molar-refractivity contribution in [2.45, 2.75) is 37.9 Å². The van der Waals surface area contributed by atoms with E-state index in [0.717, 1.165) is 22.3 Å². The molecule has 0 aliphatic carbocycles.